The Balaban J connectivity index is 1.38. The van der Waals surface area contributed by atoms with E-state index in [0.717, 1.165) is 50.6 Å². The normalized spacial score (nSPS) is 20.3. The summed E-state index contributed by atoms with van der Waals surface area (Å²) in [6.45, 7) is 8.45. The Morgan fingerprint density at radius 3 is 2.37 bits per heavy atom. The minimum atomic E-state index is 0.0382. The van der Waals surface area contributed by atoms with E-state index in [0.29, 0.717) is 42.7 Å². The molecule has 3 N–H and O–H groups in total. The van der Waals surface area contributed by atoms with Crippen LogP contribution in [0.2, 0.25) is 0 Å². The Bertz CT molecular complexity index is 1260. The van der Waals surface area contributed by atoms with Crippen molar-refractivity contribution in [3.8, 4) is 11.5 Å². The number of hydrogen-bond donors (Lipinski definition) is 3. The van der Waals surface area contributed by atoms with Gasteiger partial charge in [0.05, 0.1) is 13.7 Å². The maximum atomic E-state index is 12.4. The molecule has 1 fully saturated rings. The summed E-state index contributed by atoms with van der Waals surface area (Å²) >= 11 is 0. The molecule has 1 saturated heterocycles. The molecule has 0 spiro atoms. The van der Waals surface area contributed by atoms with Gasteiger partial charge in [0.1, 0.15) is 24.6 Å². The zero-order chi connectivity index (χ0) is 26.3. The molecule has 0 radical (unpaired) electrons. The average molecular weight is 518 g/mol. The van der Waals surface area contributed by atoms with Gasteiger partial charge in [0.15, 0.2) is 11.5 Å². The first kappa shape index (κ1) is 25.7. The lowest BCUT2D eigenvalue weighted by atomic mass is 10.1. The number of piperazine rings is 1. The summed E-state index contributed by atoms with van der Waals surface area (Å²) in [6.07, 6.45) is 2.01. The number of nitrogens with one attached hydrogen (secondary N) is 3. The van der Waals surface area contributed by atoms with Gasteiger partial charge in [-0.3, -0.25) is 9.69 Å². The Morgan fingerprint density at radius 1 is 0.895 bits per heavy atom. The Morgan fingerprint density at radius 2 is 1.61 bits per heavy atom. The highest BCUT2D eigenvalue weighted by molar-refractivity contribution is 5.76. The number of aromatic nitrogens is 2. The minimum absolute atomic E-state index is 0.0382. The number of anilines is 4. The largest absolute Gasteiger partial charge is 0.493 e. The number of fused-ring (bicyclic) bond motifs is 8. The molecule has 4 heterocycles. The molecule has 0 saturated carbocycles. The molecule has 8 bridgehead atoms. The van der Waals surface area contributed by atoms with Crippen LogP contribution in [0.5, 0.6) is 11.5 Å². The van der Waals surface area contributed by atoms with E-state index in [-0.39, 0.29) is 5.91 Å². The summed E-state index contributed by atoms with van der Waals surface area (Å²) in [5, 5.41) is 9.70. The van der Waals surface area contributed by atoms with Crippen LogP contribution in [0.15, 0.2) is 48.8 Å². The second-order valence-electron chi connectivity index (χ2n) is 9.61. The van der Waals surface area contributed by atoms with Crippen LogP contribution < -0.4 is 25.4 Å². The van der Waals surface area contributed by atoms with E-state index in [2.05, 4.69) is 60.8 Å². The lowest BCUT2D eigenvalue weighted by Crippen LogP contribution is -2.46. The van der Waals surface area contributed by atoms with E-state index in [1.807, 2.05) is 24.3 Å². The van der Waals surface area contributed by atoms with Gasteiger partial charge in [-0.2, -0.15) is 0 Å². The fourth-order valence-corrected chi connectivity index (χ4v) is 4.69. The first-order valence-electron chi connectivity index (χ1n) is 13.0. The van der Waals surface area contributed by atoms with Crippen molar-refractivity contribution in [1.82, 2.24) is 25.1 Å². The van der Waals surface area contributed by atoms with Crippen LogP contribution in [0, 0.1) is 6.92 Å². The number of amides is 1. The molecule has 1 aromatic heterocycles. The fraction of sp³-hybridized carbons (Fsp3) is 0.393. The number of benzene rings is 2. The highest BCUT2D eigenvalue weighted by Gasteiger charge is 2.18. The monoisotopic (exact) mass is 517 g/mol. The van der Waals surface area contributed by atoms with Crippen LogP contribution in [-0.2, 0) is 11.3 Å². The second kappa shape index (κ2) is 12.1. The van der Waals surface area contributed by atoms with Crippen LogP contribution in [-0.4, -0.2) is 78.7 Å². The smallest absolute Gasteiger partial charge is 0.221 e. The standard InChI is InChI=1S/C28H35N7O3/c1-20-3-4-22-15-21(20)18-35-12-10-34(11-13-35)9-7-28(36)29-8-14-38-25-16-23(5-6-24(25)37-2)33-27-17-26(32-22)30-19-31-27/h3-6,15-17,19H,7-14,18H2,1-2H3,(H,29,36)(H2,30,31,32,33). The summed E-state index contributed by atoms with van der Waals surface area (Å²) in [4.78, 5) is 26.0. The van der Waals surface area contributed by atoms with E-state index < -0.39 is 0 Å². The number of carbonyl (C=O) groups excluding carboxylic acids is 1. The van der Waals surface area contributed by atoms with E-state index >= 15 is 0 Å². The van der Waals surface area contributed by atoms with Crippen LogP contribution in [0.1, 0.15) is 17.5 Å². The summed E-state index contributed by atoms with van der Waals surface area (Å²) in [5.74, 6) is 2.59. The van der Waals surface area contributed by atoms with Crippen molar-refractivity contribution in [2.75, 3.05) is 63.6 Å². The number of carbonyl (C=O) groups is 1. The van der Waals surface area contributed by atoms with Crippen LogP contribution in [0.4, 0.5) is 23.0 Å². The summed E-state index contributed by atoms with van der Waals surface area (Å²) in [5.41, 5.74) is 4.34. The highest BCUT2D eigenvalue weighted by Crippen LogP contribution is 2.31. The molecule has 10 nitrogen and oxygen atoms in total. The number of nitrogens with zero attached hydrogens (tertiary/aromatic N) is 4. The fourth-order valence-electron chi connectivity index (χ4n) is 4.69. The van der Waals surface area contributed by atoms with Crippen molar-refractivity contribution in [2.45, 2.75) is 19.9 Å². The minimum Gasteiger partial charge on any atom is -0.493 e. The first-order valence-corrected chi connectivity index (χ1v) is 13.0. The maximum Gasteiger partial charge on any atom is 0.221 e. The van der Waals surface area contributed by atoms with Gasteiger partial charge >= 0.3 is 0 Å². The molecule has 0 atom stereocenters. The van der Waals surface area contributed by atoms with Crippen molar-refractivity contribution in [2.24, 2.45) is 0 Å². The SMILES string of the molecule is COc1ccc2cc1OCCNC(=O)CCN1CCN(CC1)Cc1cc(ccc1C)Nc1cc(ncn1)N2. The summed E-state index contributed by atoms with van der Waals surface area (Å²) in [6, 6.07) is 13.9. The van der Waals surface area contributed by atoms with Gasteiger partial charge in [0, 0.05) is 69.2 Å². The molecule has 10 heteroatoms. The van der Waals surface area contributed by atoms with Crippen molar-refractivity contribution >= 4 is 28.9 Å². The summed E-state index contributed by atoms with van der Waals surface area (Å²) in [7, 11) is 1.60. The second-order valence-corrected chi connectivity index (χ2v) is 9.61. The molecular formula is C28H35N7O3. The number of rotatable bonds is 1. The van der Waals surface area contributed by atoms with Gasteiger partial charge in [0.25, 0.3) is 0 Å². The van der Waals surface area contributed by atoms with Crippen molar-refractivity contribution in [1.29, 1.82) is 0 Å². The third kappa shape index (κ3) is 6.70. The van der Waals surface area contributed by atoms with E-state index in [1.165, 1.54) is 17.5 Å². The Labute approximate surface area is 223 Å². The molecule has 200 valence electrons. The van der Waals surface area contributed by atoms with E-state index in [9.17, 15) is 4.79 Å². The number of hydrogen-bond acceptors (Lipinski definition) is 9. The van der Waals surface area contributed by atoms with Gasteiger partial charge in [-0.05, 0) is 42.3 Å². The molecule has 2 aromatic carbocycles. The molecule has 3 aromatic rings. The first-order chi connectivity index (χ1) is 18.6. The lowest BCUT2D eigenvalue weighted by Gasteiger charge is -2.35. The van der Waals surface area contributed by atoms with Crippen molar-refractivity contribution in [3.63, 3.8) is 0 Å². The van der Waals surface area contributed by atoms with Gasteiger partial charge < -0.3 is 30.3 Å². The third-order valence-electron chi connectivity index (χ3n) is 6.92. The Hall–Kier alpha value is -3.89. The molecular weight excluding hydrogens is 482 g/mol. The lowest BCUT2D eigenvalue weighted by molar-refractivity contribution is -0.121. The predicted molar refractivity (Wildman–Crippen MR) is 148 cm³/mol. The molecule has 0 unspecified atom stereocenters. The van der Waals surface area contributed by atoms with Crippen molar-refractivity contribution < 1.29 is 14.3 Å². The molecule has 1 amide bonds. The average Bonchev–Trinajstić information content (AvgIpc) is 2.92. The molecule has 3 aliphatic rings. The number of ether oxygens (including phenoxy) is 2. The summed E-state index contributed by atoms with van der Waals surface area (Å²) < 4.78 is 11.4. The van der Waals surface area contributed by atoms with Crippen LogP contribution in [0.25, 0.3) is 0 Å². The number of methoxy groups -OCH3 is 1. The van der Waals surface area contributed by atoms with Gasteiger partial charge in [-0.15, -0.1) is 0 Å². The predicted octanol–water partition coefficient (Wildman–Crippen LogP) is 3.30. The van der Waals surface area contributed by atoms with E-state index in [4.69, 9.17) is 9.47 Å². The van der Waals surface area contributed by atoms with Gasteiger partial charge in [-0.1, -0.05) is 6.07 Å². The quantitative estimate of drug-likeness (QED) is 0.449. The van der Waals surface area contributed by atoms with Gasteiger partial charge in [-0.25, -0.2) is 9.97 Å². The third-order valence-corrected chi connectivity index (χ3v) is 6.92. The van der Waals surface area contributed by atoms with Gasteiger partial charge in [0.2, 0.25) is 5.91 Å². The molecule has 3 aliphatic heterocycles. The molecule has 0 aliphatic carbocycles. The molecule has 6 rings (SSSR count). The van der Waals surface area contributed by atoms with Crippen molar-refractivity contribution in [3.05, 3.63) is 59.9 Å². The van der Waals surface area contributed by atoms with Crippen LogP contribution >= 0.6 is 0 Å². The number of aryl methyl sites for hydroxylation is 1. The maximum absolute atomic E-state index is 12.4. The zero-order valence-electron chi connectivity index (χ0n) is 22.0. The van der Waals surface area contributed by atoms with E-state index in [1.54, 1.807) is 7.11 Å². The Kier molecular flexibility index (Phi) is 8.20. The highest BCUT2D eigenvalue weighted by atomic mass is 16.5. The topological polar surface area (TPSA) is 104 Å². The zero-order valence-corrected chi connectivity index (χ0v) is 22.0. The van der Waals surface area contributed by atoms with Crippen LogP contribution in [0.3, 0.4) is 0 Å². The molecule has 38 heavy (non-hydrogen) atoms.